The van der Waals surface area contributed by atoms with Crippen molar-refractivity contribution in [3.63, 3.8) is 0 Å². The van der Waals surface area contributed by atoms with Crippen molar-refractivity contribution < 1.29 is 4.79 Å². The molecule has 42 heavy (non-hydrogen) atoms. The SMILES string of the molecule is CC1=C(C(=O)Nc2ccccc2)[C@H](c2cccs2)n2c(s/c(=C/c3cc(C)n(-c4ccc(N(C)C)cc4)c3C)c2=O)=N1. The minimum atomic E-state index is -0.560. The summed E-state index contributed by atoms with van der Waals surface area (Å²) in [6, 6.07) is 23.2. The maximum Gasteiger partial charge on any atom is 0.271 e. The first-order valence-corrected chi connectivity index (χ1v) is 15.3. The molecule has 212 valence electrons. The van der Waals surface area contributed by atoms with Gasteiger partial charge in [-0.25, -0.2) is 4.99 Å². The molecule has 1 amide bonds. The van der Waals surface area contributed by atoms with Gasteiger partial charge >= 0.3 is 0 Å². The second-order valence-electron chi connectivity index (χ2n) is 10.5. The fraction of sp³-hybridized carbons (Fsp3) is 0.182. The third kappa shape index (κ3) is 4.95. The molecule has 1 N–H and O–H groups in total. The lowest BCUT2D eigenvalue weighted by Crippen LogP contribution is -2.40. The van der Waals surface area contributed by atoms with E-state index in [2.05, 4.69) is 59.0 Å². The molecule has 4 heterocycles. The average Bonchev–Trinajstić information content (AvgIpc) is 3.67. The van der Waals surface area contributed by atoms with Crippen LogP contribution >= 0.6 is 22.7 Å². The van der Waals surface area contributed by atoms with Crippen LogP contribution in [0, 0.1) is 13.8 Å². The number of nitrogens with one attached hydrogen (secondary N) is 1. The van der Waals surface area contributed by atoms with Crippen LogP contribution in [0.2, 0.25) is 0 Å². The summed E-state index contributed by atoms with van der Waals surface area (Å²) in [5, 5.41) is 4.96. The number of rotatable bonds is 6. The van der Waals surface area contributed by atoms with Crippen LogP contribution < -0.4 is 25.1 Å². The topological polar surface area (TPSA) is 71.6 Å². The quantitative estimate of drug-likeness (QED) is 0.286. The molecule has 7 nitrogen and oxygen atoms in total. The molecule has 0 radical (unpaired) electrons. The molecule has 9 heteroatoms. The predicted octanol–water partition coefficient (Wildman–Crippen LogP) is 5.41. The largest absolute Gasteiger partial charge is 0.378 e. The Morgan fingerprint density at radius 2 is 1.74 bits per heavy atom. The number of hydrogen-bond acceptors (Lipinski definition) is 6. The zero-order valence-electron chi connectivity index (χ0n) is 24.1. The van der Waals surface area contributed by atoms with E-state index in [0.717, 1.165) is 33.2 Å². The van der Waals surface area contributed by atoms with Crippen molar-refractivity contribution in [2.45, 2.75) is 26.8 Å². The number of thiophene rings is 1. The third-order valence-electron chi connectivity index (χ3n) is 7.49. The number of nitrogens with zero attached hydrogens (tertiary/aromatic N) is 4. The molecule has 0 bridgehead atoms. The number of fused-ring (bicyclic) bond motifs is 1. The van der Waals surface area contributed by atoms with Crippen LogP contribution in [0.4, 0.5) is 11.4 Å². The molecule has 0 spiro atoms. The summed E-state index contributed by atoms with van der Waals surface area (Å²) in [7, 11) is 4.05. The highest BCUT2D eigenvalue weighted by Crippen LogP contribution is 2.33. The molecule has 5 aromatic rings. The Hall–Kier alpha value is -4.47. The Bertz CT molecular complexity index is 1990. The smallest absolute Gasteiger partial charge is 0.271 e. The van der Waals surface area contributed by atoms with Crippen molar-refractivity contribution in [3.05, 3.63) is 131 Å². The first-order chi connectivity index (χ1) is 20.2. The lowest BCUT2D eigenvalue weighted by molar-refractivity contribution is -0.113. The summed E-state index contributed by atoms with van der Waals surface area (Å²) in [5.41, 5.74) is 6.91. The van der Waals surface area contributed by atoms with Gasteiger partial charge in [0.25, 0.3) is 11.5 Å². The fourth-order valence-corrected chi connectivity index (χ4v) is 7.28. The van der Waals surface area contributed by atoms with E-state index in [0.29, 0.717) is 26.3 Å². The van der Waals surface area contributed by atoms with E-state index in [4.69, 9.17) is 4.99 Å². The number of aromatic nitrogens is 2. The van der Waals surface area contributed by atoms with Gasteiger partial charge in [0.1, 0.15) is 6.04 Å². The summed E-state index contributed by atoms with van der Waals surface area (Å²) in [5.74, 6) is -0.265. The number of para-hydroxylation sites is 1. The van der Waals surface area contributed by atoms with E-state index in [-0.39, 0.29) is 11.5 Å². The van der Waals surface area contributed by atoms with Crippen molar-refractivity contribution in [3.8, 4) is 5.69 Å². The zero-order chi connectivity index (χ0) is 29.5. The van der Waals surface area contributed by atoms with Gasteiger partial charge in [-0.1, -0.05) is 35.6 Å². The first kappa shape index (κ1) is 27.7. The molecule has 6 rings (SSSR count). The molecule has 1 aliphatic heterocycles. The second-order valence-corrected chi connectivity index (χ2v) is 12.5. The molecule has 0 fully saturated rings. The number of benzene rings is 2. The molecule has 3 aromatic heterocycles. The molecule has 0 unspecified atom stereocenters. The minimum absolute atomic E-state index is 0.158. The van der Waals surface area contributed by atoms with Crippen molar-refractivity contribution in [1.29, 1.82) is 0 Å². The number of carbonyl (C=O) groups is 1. The Morgan fingerprint density at radius 1 is 1.00 bits per heavy atom. The van der Waals surface area contributed by atoms with Gasteiger partial charge in [-0.3, -0.25) is 14.2 Å². The summed E-state index contributed by atoms with van der Waals surface area (Å²) in [6.07, 6.45) is 1.95. The van der Waals surface area contributed by atoms with E-state index >= 15 is 0 Å². The van der Waals surface area contributed by atoms with E-state index in [1.165, 1.54) is 22.7 Å². The lowest BCUT2D eigenvalue weighted by Gasteiger charge is -2.24. The van der Waals surface area contributed by atoms with Gasteiger partial charge in [0.2, 0.25) is 0 Å². The fourth-order valence-electron chi connectivity index (χ4n) is 5.42. The van der Waals surface area contributed by atoms with E-state index in [1.807, 2.05) is 74.9 Å². The average molecular weight is 594 g/mol. The number of anilines is 2. The van der Waals surface area contributed by atoms with Crippen molar-refractivity contribution in [2.24, 2.45) is 4.99 Å². The lowest BCUT2D eigenvalue weighted by atomic mass is 10.0. The van der Waals surface area contributed by atoms with Crippen molar-refractivity contribution in [1.82, 2.24) is 9.13 Å². The molecular formula is C33H31N5O2S2. The van der Waals surface area contributed by atoms with Crippen molar-refractivity contribution in [2.75, 3.05) is 24.3 Å². The first-order valence-electron chi connectivity index (χ1n) is 13.6. The van der Waals surface area contributed by atoms with Gasteiger partial charge < -0.3 is 14.8 Å². The van der Waals surface area contributed by atoms with Crippen LogP contribution in [-0.4, -0.2) is 29.1 Å². The summed E-state index contributed by atoms with van der Waals surface area (Å²) >= 11 is 2.88. The Balaban J connectivity index is 1.44. The van der Waals surface area contributed by atoms with Gasteiger partial charge in [-0.15, -0.1) is 11.3 Å². The summed E-state index contributed by atoms with van der Waals surface area (Å²) in [4.78, 5) is 36.0. The van der Waals surface area contributed by atoms with Crippen LogP contribution in [0.5, 0.6) is 0 Å². The van der Waals surface area contributed by atoms with Crippen LogP contribution in [-0.2, 0) is 4.79 Å². The van der Waals surface area contributed by atoms with Gasteiger partial charge in [-0.2, -0.15) is 0 Å². The highest BCUT2D eigenvalue weighted by atomic mass is 32.1. The van der Waals surface area contributed by atoms with Gasteiger partial charge in [-0.05, 0) is 86.3 Å². The molecule has 1 aliphatic rings. The number of aryl methyl sites for hydroxylation is 1. The number of thiazole rings is 1. The maximum atomic E-state index is 14.1. The summed E-state index contributed by atoms with van der Waals surface area (Å²) in [6.45, 7) is 5.98. The highest BCUT2D eigenvalue weighted by molar-refractivity contribution is 7.10. The zero-order valence-corrected chi connectivity index (χ0v) is 25.7. The predicted molar refractivity (Wildman–Crippen MR) is 173 cm³/mol. The second kappa shape index (κ2) is 11.1. The maximum absolute atomic E-state index is 14.1. The van der Waals surface area contributed by atoms with E-state index in [9.17, 15) is 9.59 Å². The molecule has 1 atom stereocenters. The number of hydrogen-bond donors (Lipinski definition) is 1. The Kier molecular flexibility index (Phi) is 7.30. The molecule has 2 aromatic carbocycles. The Labute approximate surface area is 252 Å². The molecular weight excluding hydrogens is 563 g/mol. The normalized spacial score (nSPS) is 15.0. The number of carbonyl (C=O) groups excluding carboxylic acids is 1. The van der Waals surface area contributed by atoms with Crippen LogP contribution in [0.25, 0.3) is 11.8 Å². The van der Waals surface area contributed by atoms with Crippen molar-refractivity contribution >= 4 is 46.0 Å². The molecule has 0 aliphatic carbocycles. The summed E-state index contributed by atoms with van der Waals surface area (Å²) < 4.78 is 4.46. The minimum Gasteiger partial charge on any atom is -0.378 e. The van der Waals surface area contributed by atoms with Crippen LogP contribution in [0.15, 0.2) is 99.2 Å². The van der Waals surface area contributed by atoms with E-state index in [1.54, 1.807) is 4.57 Å². The molecule has 0 saturated carbocycles. The van der Waals surface area contributed by atoms with Crippen LogP contribution in [0.3, 0.4) is 0 Å². The van der Waals surface area contributed by atoms with Gasteiger partial charge in [0.15, 0.2) is 4.80 Å². The number of amides is 1. The third-order valence-corrected chi connectivity index (χ3v) is 9.40. The highest BCUT2D eigenvalue weighted by Gasteiger charge is 2.33. The van der Waals surface area contributed by atoms with Gasteiger partial charge in [0, 0.05) is 47.4 Å². The number of allylic oxidation sites excluding steroid dienone is 1. The Morgan fingerprint density at radius 3 is 2.40 bits per heavy atom. The van der Waals surface area contributed by atoms with Gasteiger partial charge in [0.05, 0.1) is 15.8 Å². The monoisotopic (exact) mass is 593 g/mol. The standard InChI is InChI=1S/C33H31N5O2S2/c1-20-18-23(22(3)37(20)26-15-13-25(14-16-26)36(4)5)19-28-32(40)38-30(27-12-9-17-41-27)29(21(2)34-33(38)42-28)31(39)35-24-10-7-6-8-11-24/h6-19,30H,1-5H3,(H,35,39)/b28-19+/t30-/m0/s1. The van der Waals surface area contributed by atoms with E-state index < -0.39 is 6.04 Å². The van der Waals surface area contributed by atoms with Crippen LogP contribution in [0.1, 0.15) is 34.8 Å². The molecule has 0 saturated heterocycles.